The Hall–Kier alpha value is -1.75. The van der Waals surface area contributed by atoms with E-state index in [4.69, 9.17) is 21.7 Å². The van der Waals surface area contributed by atoms with E-state index in [1.165, 1.54) is 31.2 Å². The second kappa shape index (κ2) is 7.68. The summed E-state index contributed by atoms with van der Waals surface area (Å²) in [7, 11) is 0. The largest absolute Gasteiger partial charge is 0.454 e. The van der Waals surface area contributed by atoms with Gasteiger partial charge in [0.15, 0.2) is 11.5 Å². The Labute approximate surface area is 143 Å². The molecule has 4 nitrogen and oxygen atoms in total. The molecule has 0 saturated heterocycles. The molecule has 0 aliphatic carbocycles. The highest BCUT2D eigenvalue weighted by atomic mass is 32.1. The smallest absolute Gasteiger partial charge is 0.231 e. The first kappa shape index (κ1) is 16.1. The Morgan fingerprint density at radius 2 is 2.09 bits per heavy atom. The lowest BCUT2D eigenvalue weighted by molar-refractivity contribution is 0.174. The van der Waals surface area contributed by atoms with Gasteiger partial charge in [0.05, 0.1) is 0 Å². The van der Waals surface area contributed by atoms with Crippen molar-refractivity contribution in [3.8, 4) is 11.5 Å². The minimum absolute atomic E-state index is 0.308. The summed E-state index contributed by atoms with van der Waals surface area (Å²) in [5.74, 6) is 1.67. The van der Waals surface area contributed by atoms with E-state index in [-0.39, 0.29) is 0 Å². The molecule has 1 aromatic carbocycles. The molecule has 124 valence electrons. The van der Waals surface area contributed by atoms with Crippen molar-refractivity contribution in [2.24, 2.45) is 0 Å². The number of thiocarbonyl (C=S) groups is 1. The van der Waals surface area contributed by atoms with Crippen LogP contribution in [0.2, 0.25) is 0 Å². The van der Waals surface area contributed by atoms with Crippen LogP contribution in [0.5, 0.6) is 11.5 Å². The van der Waals surface area contributed by atoms with Crippen LogP contribution in [0.3, 0.4) is 0 Å². The number of unbranched alkanes of at least 4 members (excludes halogenated alkanes) is 3. The molecule has 0 saturated carbocycles. The number of ether oxygens (including phenoxy) is 2. The van der Waals surface area contributed by atoms with Crippen molar-refractivity contribution in [2.45, 2.75) is 39.0 Å². The highest BCUT2D eigenvalue weighted by Gasteiger charge is 2.21. The second-order valence-electron chi connectivity index (χ2n) is 5.95. The van der Waals surface area contributed by atoms with Crippen LogP contribution in [0.4, 0.5) is 0 Å². The summed E-state index contributed by atoms with van der Waals surface area (Å²) in [6.07, 6.45) is 7.98. The molecule has 2 aliphatic rings. The van der Waals surface area contributed by atoms with Gasteiger partial charge in [0.25, 0.3) is 0 Å². The third-order valence-corrected chi connectivity index (χ3v) is 4.47. The SMILES string of the molecule is CCCCCCNC(=S)C=C1NCCc2cc3c(cc21)OCO3. The van der Waals surface area contributed by atoms with Crippen LogP contribution >= 0.6 is 12.2 Å². The van der Waals surface area contributed by atoms with Crippen LogP contribution in [0.25, 0.3) is 5.70 Å². The van der Waals surface area contributed by atoms with Gasteiger partial charge in [-0.3, -0.25) is 0 Å². The standard InChI is InChI=1S/C18H24N2O2S/c1-2-3-4-5-7-20-18(23)11-15-14-10-17-16(21-12-22-17)9-13(14)6-8-19-15/h9-11,19H,2-8,12H2,1H3,(H,20,23). The first-order chi connectivity index (χ1) is 11.3. The van der Waals surface area contributed by atoms with Gasteiger partial charge in [0, 0.05) is 24.4 Å². The maximum absolute atomic E-state index is 5.49. The number of hydrogen-bond donors (Lipinski definition) is 2. The predicted octanol–water partition coefficient (Wildman–Crippen LogP) is 3.40. The van der Waals surface area contributed by atoms with Crippen LogP contribution in [0.1, 0.15) is 43.7 Å². The maximum atomic E-state index is 5.49. The zero-order valence-electron chi connectivity index (χ0n) is 13.6. The van der Waals surface area contributed by atoms with E-state index in [9.17, 15) is 0 Å². The molecule has 0 unspecified atom stereocenters. The highest BCUT2D eigenvalue weighted by molar-refractivity contribution is 7.80. The van der Waals surface area contributed by atoms with Gasteiger partial charge >= 0.3 is 0 Å². The van der Waals surface area contributed by atoms with Crippen molar-refractivity contribution < 1.29 is 9.47 Å². The summed E-state index contributed by atoms with van der Waals surface area (Å²) < 4.78 is 11.0. The third-order valence-electron chi connectivity index (χ3n) is 4.20. The van der Waals surface area contributed by atoms with Crippen LogP contribution in [-0.2, 0) is 6.42 Å². The molecule has 23 heavy (non-hydrogen) atoms. The Bertz CT molecular complexity index is 613. The van der Waals surface area contributed by atoms with E-state index in [1.807, 2.05) is 6.08 Å². The third kappa shape index (κ3) is 3.96. The average Bonchev–Trinajstić information content (AvgIpc) is 3.00. The quantitative estimate of drug-likeness (QED) is 0.475. The van der Waals surface area contributed by atoms with Crippen molar-refractivity contribution in [1.29, 1.82) is 0 Å². The van der Waals surface area contributed by atoms with Gasteiger partial charge in [-0.1, -0.05) is 38.4 Å². The molecular formula is C18H24N2O2S. The summed E-state index contributed by atoms with van der Waals surface area (Å²) in [6.45, 7) is 4.39. The average molecular weight is 332 g/mol. The van der Waals surface area contributed by atoms with Gasteiger partial charge in [0.2, 0.25) is 6.79 Å². The van der Waals surface area contributed by atoms with Crippen molar-refractivity contribution >= 4 is 22.9 Å². The minimum Gasteiger partial charge on any atom is -0.454 e. The summed E-state index contributed by atoms with van der Waals surface area (Å²) in [5, 5.41) is 6.78. The molecule has 0 atom stereocenters. The molecule has 0 radical (unpaired) electrons. The Morgan fingerprint density at radius 3 is 2.91 bits per heavy atom. The maximum Gasteiger partial charge on any atom is 0.231 e. The van der Waals surface area contributed by atoms with Crippen LogP contribution in [0.15, 0.2) is 18.2 Å². The van der Waals surface area contributed by atoms with Crippen molar-refractivity contribution in [2.75, 3.05) is 19.9 Å². The second-order valence-corrected chi connectivity index (χ2v) is 6.39. The van der Waals surface area contributed by atoms with E-state index in [1.54, 1.807) is 0 Å². The van der Waals surface area contributed by atoms with Gasteiger partial charge in [-0.25, -0.2) is 0 Å². The monoisotopic (exact) mass is 332 g/mol. The van der Waals surface area contributed by atoms with Crippen molar-refractivity contribution in [3.05, 3.63) is 29.3 Å². The Balaban J connectivity index is 1.66. The van der Waals surface area contributed by atoms with Gasteiger partial charge in [0.1, 0.15) is 4.99 Å². The van der Waals surface area contributed by atoms with Crippen molar-refractivity contribution in [1.82, 2.24) is 10.6 Å². The molecule has 2 aliphatic heterocycles. The number of fused-ring (bicyclic) bond motifs is 2. The molecule has 3 rings (SSSR count). The number of benzene rings is 1. The predicted molar refractivity (Wildman–Crippen MR) is 97.0 cm³/mol. The molecular weight excluding hydrogens is 308 g/mol. The highest BCUT2D eigenvalue weighted by Crippen LogP contribution is 2.37. The summed E-state index contributed by atoms with van der Waals surface area (Å²) in [6, 6.07) is 4.15. The lowest BCUT2D eigenvalue weighted by atomic mass is 9.97. The fourth-order valence-corrected chi connectivity index (χ4v) is 3.16. The van der Waals surface area contributed by atoms with Crippen LogP contribution in [-0.4, -0.2) is 24.9 Å². The van der Waals surface area contributed by atoms with Gasteiger partial charge in [-0.15, -0.1) is 0 Å². The normalized spacial score (nSPS) is 16.8. The Kier molecular flexibility index (Phi) is 5.39. The molecule has 2 N–H and O–H groups in total. The summed E-state index contributed by atoms with van der Waals surface area (Å²) >= 11 is 5.46. The van der Waals surface area contributed by atoms with E-state index in [0.29, 0.717) is 6.79 Å². The van der Waals surface area contributed by atoms with E-state index in [0.717, 1.165) is 47.3 Å². The molecule has 0 amide bonds. The lowest BCUT2D eigenvalue weighted by Crippen LogP contribution is -2.26. The van der Waals surface area contributed by atoms with Crippen LogP contribution < -0.4 is 20.1 Å². The molecule has 0 aromatic heterocycles. The fourth-order valence-electron chi connectivity index (χ4n) is 2.94. The van der Waals surface area contributed by atoms with Gasteiger partial charge in [-0.05, 0) is 36.6 Å². The number of hydrogen-bond acceptors (Lipinski definition) is 4. The zero-order valence-corrected chi connectivity index (χ0v) is 14.4. The van der Waals surface area contributed by atoms with E-state index in [2.05, 4.69) is 29.7 Å². The molecule has 0 bridgehead atoms. The minimum atomic E-state index is 0.308. The first-order valence-corrected chi connectivity index (χ1v) is 8.85. The topological polar surface area (TPSA) is 42.5 Å². The van der Waals surface area contributed by atoms with E-state index < -0.39 is 0 Å². The Morgan fingerprint density at radius 1 is 1.26 bits per heavy atom. The molecule has 5 heteroatoms. The number of rotatable bonds is 6. The van der Waals surface area contributed by atoms with E-state index >= 15 is 0 Å². The van der Waals surface area contributed by atoms with Crippen LogP contribution in [0, 0.1) is 0 Å². The fraction of sp³-hybridized carbons (Fsp3) is 0.500. The number of nitrogens with one attached hydrogen (secondary N) is 2. The van der Waals surface area contributed by atoms with Crippen molar-refractivity contribution in [3.63, 3.8) is 0 Å². The summed E-state index contributed by atoms with van der Waals surface area (Å²) in [5.41, 5.74) is 3.51. The lowest BCUT2D eigenvalue weighted by Gasteiger charge is -2.22. The van der Waals surface area contributed by atoms with Gasteiger partial charge < -0.3 is 20.1 Å². The first-order valence-electron chi connectivity index (χ1n) is 8.44. The molecule has 1 aromatic rings. The summed E-state index contributed by atoms with van der Waals surface area (Å²) in [4.78, 5) is 0.787. The van der Waals surface area contributed by atoms with Gasteiger partial charge in [-0.2, -0.15) is 0 Å². The molecule has 0 fully saturated rings. The molecule has 0 spiro atoms. The zero-order chi connectivity index (χ0) is 16.1. The molecule has 2 heterocycles.